The quantitative estimate of drug-likeness (QED) is 0.499. The lowest BCUT2D eigenvalue weighted by molar-refractivity contribution is -0.139. The molecule has 0 aliphatic heterocycles. The summed E-state index contributed by atoms with van der Waals surface area (Å²) in [6.45, 7) is 3.49. The van der Waals surface area contributed by atoms with E-state index >= 15 is 0 Å². The van der Waals surface area contributed by atoms with E-state index in [2.05, 4.69) is 10.3 Å². The Bertz CT molecular complexity index is 125. The average Bonchev–Trinajstić information content (AvgIpc) is 1.89. The fraction of sp³-hybridized carbons (Fsp3) is 0.833. The van der Waals surface area contributed by atoms with Gasteiger partial charge in [0.25, 0.3) is 0 Å². The lowest BCUT2D eigenvalue weighted by Crippen LogP contribution is -2.37. The summed E-state index contributed by atoms with van der Waals surface area (Å²) in [6, 6.07) is 0. The smallest absolute Gasteiger partial charge is 0.250 e. The summed E-state index contributed by atoms with van der Waals surface area (Å²) in [4.78, 5) is 15.4. The Morgan fingerprint density at radius 1 is 1.70 bits per heavy atom. The summed E-state index contributed by atoms with van der Waals surface area (Å²) in [5, 5.41) is 0. The number of halogens is 1. The molecule has 0 bridgehead atoms. The van der Waals surface area contributed by atoms with Gasteiger partial charge in [-0.3, -0.25) is 9.63 Å². The van der Waals surface area contributed by atoms with Gasteiger partial charge in [-0.05, 0) is 13.8 Å². The minimum Gasteiger partial charge on any atom is -0.277 e. The van der Waals surface area contributed by atoms with E-state index in [1.807, 2.05) is 0 Å². The van der Waals surface area contributed by atoms with Crippen molar-refractivity contribution in [3.8, 4) is 0 Å². The summed E-state index contributed by atoms with van der Waals surface area (Å²) in [5.41, 5.74) is 1.66. The second-order valence-corrected chi connectivity index (χ2v) is 2.92. The summed E-state index contributed by atoms with van der Waals surface area (Å²) in [6.07, 6.45) is 0. The fourth-order valence-electron chi connectivity index (χ4n) is 0.292. The zero-order valence-electron chi connectivity index (χ0n) is 6.40. The van der Waals surface area contributed by atoms with Crippen LogP contribution in [0.4, 0.5) is 0 Å². The molecule has 0 aliphatic rings. The molecule has 10 heavy (non-hydrogen) atoms. The standard InChI is InChI=1S/C6H12ClNO2/c1-6(2,4-7)5(9)8-10-3/h4H2,1-3H3,(H,8,9). The van der Waals surface area contributed by atoms with Gasteiger partial charge < -0.3 is 0 Å². The van der Waals surface area contributed by atoms with Crippen molar-refractivity contribution in [3.05, 3.63) is 0 Å². The van der Waals surface area contributed by atoms with Crippen LogP contribution in [-0.2, 0) is 9.63 Å². The minimum atomic E-state index is -0.558. The highest BCUT2D eigenvalue weighted by Gasteiger charge is 2.26. The van der Waals surface area contributed by atoms with E-state index in [0.717, 1.165) is 0 Å². The Balaban J connectivity index is 3.91. The predicted molar refractivity (Wildman–Crippen MR) is 39.7 cm³/mol. The van der Waals surface area contributed by atoms with Crippen molar-refractivity contribution in [2.24, 2.45) is 5.41 Å². The lowest BCUT2D eigenvalue weighted by Gasteiger charge is -2.18. The van der Waals surface area contributed by atoms with Gasteiger partial charge in [0.05, 0.1) is 12.5 Å². The summed E-state index contributed by atoms with van der Waals surface area (Å²) in [5.74, 6) is 0.0763. The lowest BCUT2D eigenvalue weighted by atomic mass is 9.96. The third-order valence-corrected chi connectivity index (χ3v) is 1.81. The second-order valence-electron chi connectivity index (χ2n) is 2.65. The SMILES string of the molecule is CONC(=O)C(C)(C)CCl. The van der Waals surface area contributed by atoms with Crippen LogP contribution in [0.1, 0.15) is 13.8 Å². The number of hydrogen-bond donors (Lipinski definition) is 1. The third kappa shape index (κ3) is 2.54. The largest absolute Gasteiger partial charge is 0.277 e. The predicted octanol–water partition coefficient (Wildman–Crippen LogP) is 0.929. The molecular formula is C6H12ClNO2. The molecule has 4 heteroatoms. The summed E-state index contributed by atoms with van der Waals surface area (Å²) < 4.78 is 0. The number of hydrogen-bond acceptors (Lipinski definition) is 2. The first-order valence-electron chi connectivity index (χ1n) is 2.94. The van der Waals surface area contributed by atoms with Crippen LogP contribution in [0, 0.1) is 5.41 Å². The average molecular weight is 166 g/mol. The molecule has 60 valence electrons. The van der Waals surface area contributed by atoms with Crippen LogP contribution in [0.5, 0.6) is 0 Å². The van der Waals surface area contributed by atoms with Gasteiger partial charge in [-0.25, -0.2) is 5.48 Å². The summed E-state index contributed by atoms with van der Waals surface area (Å²) in [7, 11) is 1.39. The van der Waals surface area contributed by atoms with Gasteiger partial charge in [0.2, 0.25) is 5.91 Å². The molecular weight excluding hydrogens is 154 g/mol. The molecule has 0 radical (unpaired) electrons. The van der Waals surface area contributed by atoms with Gasteiger partial charge >= 0.3 is 0 Å². The maximum Gasteiger partial charge on any atom is 0.250 e. The van der Waals surface area contributed by atoms with Crippen LogP contribution in [0.25, 0.3) is 0 Å². The van der Waals surface area contributed by atoms with Gasteiger partial charge in [0.15, 0.2) is 0 Å². The molecule has 0 aliphatic carbocycles. The number of carbonyl (C=O) groups is 1. The molecule has 1 amide bonds. The first kappa shape index (κ1) is 9.72. The van der Waals surface area contributed by atoms with E-state index in [9.17, 15) is 4.79 Å². The Morgan fingerprint density at radius 3 is 2.50 bits per heavy atom. The molecule has 0 heterocycles. The molecule has 0 aromatic heterocycles. The Hall–Kier alpha value is -0.280. The first-order valence-corrected chi connectivity index (χ1v) is 3.47. The van der Waals surface area contributed by atoms with Gasteiger partial charge in [-0.1, -0.05) is 0 Å². The third-order valence-electron chi connectivity index (χ3n) is 1.14. The normalized spacial score (nSPS) is 11.2. The molecule has 0 saturated carbocycles. The number of rotatable bonds is 3. The van der Waals surface area contributed by atoms with Gasteiger partial charge in [-0.2, -0.15) is 0 Å². The van der Waals surface area contributed by atoms with E-state index in [0.29, 0.717) is 0 Å². The monoisotopic (exact) mass is 165 g/mol. The maximum absolute atomic E-state index is 11.0. The molecule has 1 N–H and O–H groups in total. The topological polar surface area (TPSA) is 38.3 Å². The maximum atomic E-state index is 11.0. The van der Waals surface area contributed by atoms with Crippen molar-refractivity contribution in [1.82, 2.24) is 5.48 Å². The van der Waals surface area contributed by atoms with Crippen molar-refractivity contribution in [2.75, 3.05) is 13.0 Å². The van der Waals surface area contributed by atoms with E-state index in [-0.39, 0.29) is 11.8 Å². The van der Waals surface area contributed by atoms with Crippen LogP contribution >= 0.6 is 11.6 Å². The zero-order valence-corrected chi connectivity index (χ0v) is 7.16. The molecule has 0 fully saturated rings. The number of hydroxylamine groups is 1. The van der Waals surface area contributed by atoms with Crippen molar-refractivity contribution in [1.29, 1.82) is 0 Å². The van der Waals surface area contributed by atoms with Crippen molar-refractivity contribution in [3.63, 3.8) is 0 Å². The van der Waals surface area contributed by atoms with Crippen LogP contribution in [0.15, 0.2) is 0 Å². The Morgan fingerprint density at radius 2 is 2.20 bits per heavy atom. The number of amides is 1. The van der Waals surface area contributed by atoms with Crippen LogP contribution in [-0.4, -0.2) is 18.9 Å². The number of carbonyl (C=O) groups excluding carboxylic acids is 1. The molecule has 0 unspecified atom stereocenters. The fourth-order valence-corrected chi connectivity index (χ4v) is 0.413. The van der Waals surface area contributed by atoms with Crippen LogP contribution in [0.3, 0.4) is 0 Å². The minimum absolute atomic E-state index is 0.204. The zero-order chi connectivity index (χ0) is 8.20. The van der Waals surface area contributed by atoms with Crippen LogP contribution in [0.2, 0.25) is 0 Å². The van der Waals surface area contributed by atoms with E-state index < -0.39 is 5.41 Å². The number of alkyl halides is 1. The van der Waals surface area contributed by atoms with Gasteiger partial charge in [0, 0.05) is 5.88 Å². The molecule has 0 atom stereocenters. The second kappa shape index (κ2) is 3.78. The first-order chi connectivity index (χ1) is 4.54. The van der Waals surface area contributed by atoms with Gasteiger partial charge in [0.1, 0.15) is 0 Å². The molecule has 0 rings (SSSR count). The Labute approximate surface area is 65.6 Å². The molecule has 0 aromatic carbocycles. The van der Waals surface area contributed by atoms with E-state index in [1.165, 1.54) is 7.11 Å². The Kier molecular flexibility index (Phi) is 3.68. The molecule has 0 spiro atoms. The molecule has 3 nitrogen and oxygen atoms in total. The molecule has 0 aromatic rings. The van der Waals surface area contributed by atoms with Gasteiger partial charge in [-0.15, -0.1) is 11.6 Å². The highest BCUT2D eigenvalue weighted by atomic mass is 35.5. The summed E-state index contributed by atoms with van der Waals surface area (Å²) >= 11 is 5.51. The van der Waals surface area contributed by atoms with Crippen molar-refractivity contribution in [2.45, 2.75) is 13.8 Å². The van der Waals surface area contributed by atoms with Crippen molar-refractivity contribution < 1.29 is 9.63 Å². The van der Waals surface area contributed by atoms with Crippen molar-refractivity contribution >= 4 is 17.5 Å². The molecule has 0 saturated heterocycles. The van der Waals surface area contributed by atoms with Crippen LogP contribution < -0.4 is 5.48 Å². The number of nitrogens with one attached hydrogen (secondary N) is 1. The highest BCUT2D eigenvalue weighted by molar-refractivity contribution is 6.19. The van der Waals surface area contributed by atoms with E-state index in [1.54, 1.807) is 13.8 Å². The highest BCUT2D eigenvalue weighted by Crippen LogP contribution is 2.16. The van der Waals surface area contributed by atoms with E-state index in [4.69, 9.17) is 11.6 Å².